The number of fused-ring (bicyclic) bond motifs is 1. The van der Waals surface area contributed by atoms with Gasteiger partial charge in [0.2, 0.25) is 0 Å². The van der Waals surface area contributed by atoms with Crippen molar-refractivity contribution in [3.8, 4) is 0 Å². The third kappa shape index (κ3) is 3.02. The number of rotatable bonds is 3. The lowest BCUT2D eigenvalue weighted by atomic mass is 9.94. The van der Waals surface area contributed by atoms with Crippen LogP contribution in [0.25, 0.3) is 11.0 Å². The summed E-state index contributed by atoms with van der Waals surface area (Å²) >= 11 is 0. The molecule has 1 aromatic carbocycles. The standard InChI is InChI=1S/C17H19FN4O2/c1-17(2,3)13-8-20-16(24-13)15(23)19-9-14-21-11-7-10(18)5-6-12(11)22(14)4/h5-8H,9H2,1-4H3,(H,19,23). The van der Waals surface area contributed by atoms with E-state index in [1.165, 1.54) is 12.1 Å². The summed E-state index contributed by atoms with van der Waals surface area (Å²) in [7, 11) is 1.82. The van der Waals surface area contributed by atoms with E-state index in [0.717, 1.165) is 5.52 Å². The molecular weight excluding hydrogens is 311 g/mol. The highest BCUT2D eigenvalue weighted by atomic mass is 19.1. The lowest BCUT2D eigenvalue weighted by Crippen LogP contribution is -2.24. The molecule has 7 heteroatoms. The number of amides is 1. The first-order valence-electron chi connectivity index (χ1n) is 7.61. The summed E-state index contributed by atoms with van der Waals surface area (Å²) in [6.45, 7) is 6.13. The maximum absolute atomic E-state index is 13.3. The number of aromatic nitrogens is 3. The largest absolute Gasteiger partial charge is 0.437 e. The van der Waals surface area contributed by atoms with Crippen molar-refractivity contribution in [1.29, 1.82) is 0 Å². The van der Waals surface area contributed by atoms with E-state index in [-0.39, 0.29) is 23.7 Å². The van der Waals surface area contributed by atoms with Gasteiger partial charge >= 0.3 is 5.91 Å². The fourth-order valence-electron chi connectivity index (χ4n) is 2.34. The Kier molecular flexibility index (Phi) is 3.87. The zero-order valence-corrected chi connectivity index (χ0v) is 14.1. The van der Waals surface area contributed by atoms with Gasteiger partial charge in [0.1, 0.15) is 17.4 Å². The molecule has 0 saturated carbocycles. The molecule has 3 rings (SSSR count). The van der Waals surface area contributed by atoms with Crippen LogP contribution < -0.4 is 5.32 Å². The number of hydrogen-bond acceptors (Lipinski definition) is 4. The number of nitrogens with zero attached hydrogens (tertiary/aromatic N) is 3. The van der Waals surface area contributed by atoms with E-state index in [2.05, 4.69) is 15.3 Å². The van der Waals surface area contributed by atoms with Crippen LogP contribution in [0.2, 0.25) is 0 Å². The predicted molar refractivity (Wildman–Crippen MR) is 87.0 cm³/mol. The van der Waals surface area contributed by atoms with Crippen LogP contribution in [0.4, 0.5) is 4.39 Å². The first-order valence-corrected chi connectivity index (χ1v) is 7.61. The molecule has 6 nitrogen and oxygen atoms in total. The van der Waals surface area contributed by atoms with Crippen molar-refractivity contribution in [1.82, 2.24) is 19.9 Å². The quantitative estimate of drug-likeness (QED) is 0.801. The van der Waals surface area contributed by atoms with Crippen LogP contribution in [0.15, 0.2) is 28.8 Å². The summed E-state index contributed by atoms with van der Waals surface area (Å²) in [5.74, 6) is 0.525. The second kappa shape index (κ2) is 5.74. The van der Waals surface area contributed by atoms with Gasteiger partial charge in [0.05, 0.1) is 23.8 Å². The molecule has 0 aliphatic heterocycles. The molecule has 2 aromatic heterocycles. The molecule has 0 aliphatic rings. The Morgan fingerprint density at radius 1 is 1.38 bits per heavy atom. The van der Waals surface area contributed by atoms with Crippen molar-refractivity contribution in [2.45, 2.75) is 32.7 Å². The van der Waals surface area contributed by atoms with Crippen molar-refractivity contribution in [2.75, 3.05) is 0 Å². The summed E-state index contributed by atoms with van der Waals surface area (Å²) in [4.78, 5) is 20.5. The van der Waals surface area contributed by atoms with E-state index in [0.29, 0.717) is 17.1 Å². The number of hydrogen-bond donors (Lipinski definition) is 1. The van der Waals surface area contributed by atoms with Gasteiger partial charge in [0.25, 0.3) is 5.89 Å². The van der Waals surface area contributed by atoms with E-state index in [9.17, 15) is 9.18 Å². The summed E-state index contributed by atoms with van der Waals surface area (Å²) in [5.41, 5.74) is 1.13. The third-order valence-corrected chi connectivity index (χ3v) is 3.78. The Morgan fingerprint density at radius 3 is 2.79 bits per heavy atom. The average molecular weight is 330 g/mol. The van der Waals surface area contributed by atoms with E-state index in [4.69, 9.17) is 4.42 Å². The number of nitrogens with one attached hydrogen (secondary N) is 1. The van der Waals surface area contributed by atoms with Crippen LogP contribution >= 0.6 is 0 Å². The molecular formula is C17H19FN4O2. The molecule has 126 valence electrons. The number of oxazole rings is 1. The minimum Gasteiger partial charge on any atom is -0.437 e. The highest BCUT2D eigenvalue weighted by Crippen LogP contribution is 2.22. The number of carbonyl (C=O) groups excluding carboxylic acids is 1. The second-order valence-electron chi connectivity index (χ2n) is 6.68. The van der Waals surface area contributed by atoms with Gasteiger partial charge in [-0.05, 0) is 12.1 Å². The molecule has 0 unspecified atom stereocenters. The molecule has 24 heavy (non-hydrogen) atoms. The lowest BCUT2D eigenvalue weighted by Gasteiger charge is -2.12. The molecule has 0 saturated heterocycles. The van der Waals surface area contributed by atoms with Gasteiger partial charge < -0.3 is 14.3 Å². The topological polar surface area (TPSA) is 73.0 Å². The van der Waals surface area contributed by atoms with Crippen LogP contribution in [0, 0.1) is 5.82 Å². The Balaban J connectivity index is 1.75. The highest BCUT2D eigenvalue weighted by Gasteiger charge is 2.22. The van der Waals surface area contributed by atoms with Crippen LogP contribution in [-0.2, 0) is 19.0 Å². The number of imidazole rings is 1. The molecule has 0 spiro atoms. The average Bonchev–Trinajstić information content (AvgIpc) is 3.10. The first-order chi connectivity index (χ1) is 11.3. The van der Waals surface area contributed by atoms with Gasteiger partial charge in [-0.25, -0.2) is 14.4 Å². The van der Waals surface area contributed by atoms with E-state index < -0.39 is 5.91 Å². The van der Waals surface area contributed by atoms with Gasteiger partial charge in [0, 0.05) is 18.5 Å². The van der Waals surface area contributed by atoms with Crippen LogP contribution in [0.5, 0.6) is 0 Å². The molecule has 1 amide bonds. The van der Waals surface area contributed by atoms with Gasteiger partial charge in [-0.2, -0.15) is 0 Å². The zero-order chi connectivity index (χ0) is 17.5. The van der Waals surface area contributed by atoms with Crippen molar-refractivity contribution in [3.63, 3.8) is 0 Å². The van der Waals surface area contributed by atoms with Gasteiger partial charge in [-0.1, -0.05) is 20.8 Å². The van der Waals surface area contributed by atoms with Crippen LogP contribution in [0.3, 0.4) is 0 Å². The Hall–Kier alpha value is -2.70. The van der Waals surface area contributed by atoms with Gasteiger partial charge in [-0.15, -0.1) is 0 Å². The molecule has 0 fully saturated rings. The Bertz CT molecular complexity index is 905. The zero-order valence-electron chi connectivity index (χ0n) is 14.1. The molecule has 0 radical (unpaired) electrons. The molecule has 2 heterocycles. The third-order valence-electron chi connectivity index (χ3n) is 3.78. The van der Waals surface area contributed by atoms with Crippen molar-refractivity contribution in [2.24, 2.45) is 7.05 Å². The van der Waals surface area contributed by atoms with Crippen molar-refractivity contribution < 1.29 is 13.6 Å². The summed E-state index contributed by atoms with van der Waals surface area (Å²) < 4.78 is 20.6. The number of halogens is 1. The molecule has 1 N–H and O–H groups in total. The van der Waals surface area contributed by atoms with E-state index in [1.54, 1.807) is 12.3 Å². The van der Waals surface area contributed by atoms with Crippen LogP contribution in [0.1, 0.15) is 43.0 Å². The van der Waals surface area contributed by atoms with Gasteiger partial charge in [0.15, 0.2) is 0 Å². The number of benzene rings is 1. The predicted octanol–water partition coefficient (Wildman–Crippen LogP) is 2.93. The minimum atomic E-state index is -0.413. The fourth-order valence-corrected chi connectivity index (χ4v) is 2.34. The van der Waals surface area contributed by atoms with Crippen molar-refractivity contribution >= 4 is 16.9 Å². The number of aryl methyl sites for hydroxylation is 1. The summed E-state index contributed by atoms with van der Waals surface area (Å²) in [6.07, 6.45) is 1.56. The van der Waals surface area contributed by atoms with E-state index in [1.807, 2.05) is 32.4 Å². The number of carbonyl (C=O) groups is 1. The fraction of sp³-hybridized carbons (Fsp3) is 0.353. The smallest absolute Gasteiger partial charge is 0.307 e. The second-order valence-corrected chi connectivity index (χ2v) is 6.68. The Labute approximate surface area is 138 Å². The molecule has 0 aliphatic carbocycles. The normalized spacial score (nSPS) is 11.9. The van der Waals surface area contributed by atoms with Crippen molar-refractivity contribution in [3.05, 3.63) is 47.7 Å². The highest BCUT2D eigenvalue weighted by molar-refractivity contribution is 5.89. The summed E-state index contributed by atoms with van der Waals surface area (Å²) in [6, 6.07) is 4.41. The van der Waals surface area contributed by atoms with Crippen LogP contribution in [-0.4, -0.2) is 20.4 Å². The maximum atomic E-state index is 13.3. The molecule has 0 atom stereocenters. The first kappa shape index (κ1) is 16.2. The Morgan fingerprint density at radius 2 is 2.12 bits per heavy atom. The van der Waals surface area contributed by atoms with E-state index >= 15 is 0 Å². The monoisotopic (exact) mass is 330 g/mol. The molecule has 3 aromatic rings. The lowest BCUT2D eigenvalue weighted by molar-refractivity contribution is 0.0911. The SMILES string of the molecule is Cn1c(CNC(=O)c2ncc(C(C)(C)C)o2)nc2cc(F)ccc21. The van der Waals surface area contributed by atoms with Gasteiger partial charge in [-0.3, -0.25) is 4.79 Å². The maximum Gasteiger partial charge on any atom is 0.307 e. The minimum absolute atomic E-state index is 0.0183. The summed E-state index contributed by atoms with van der Waals surface area (Å²) in [5, 5.41) is 2.72. The molecule has 0 bridgehead atoms.